The SMILES string of the molecule is COC(=O)c1cccc(NC(=O)[C@H](C)Oc2cc(C)cc(C)c2C)c1C. The Labute approximate surface area is 154 Å². The maximum absolute atomic E-state index is 12.5. The Morgan fingerprint density at radius 2 is 1.73 bits per heavy atom. The fourth-order valence-electron chi connectivity index (χ4n) is 2.70. The molecule has 1 atom stereocenters. The number of amides is 1. The summed E-state index contributed by atoms with van der Waals surface area (Å²) in [4.78, 5) is 24.3. The van der Waals surface area contributed by atoms with Crippen LogP contribution in [0.4, 0.5) is 5.69 Å². The third kappa shape index (κ3) is 4.23. The minimum Gasteiger partial charge on any atom is -0.481 e. The second-order valence-electron chi connectivity index (χ2n) is 6.42. The summed E-state index contributed by atoms with van der Waals surface area (Å²) in [6, 6.07) is 9.11. The minimum absolute atomic E-state index is 0.284. The van der Waals surface area contributed by atoms with E-state index in [2.05, 4.69) is 11.4 Å². The van der Waals surface area contributed by atoms with Gasteiger partial charge in [-0.2, -0.15) is 0 Å². The van der Waals surface area contributed by atoms with Gasteiger partial charge in [0.05, 0.1) is 12.7 Å². The summed E-state index contributed by atoms with van der Waals surface area (Å²) in [7, 11) is 1.33. The normalized spacial score (nSPS) is 11.6. The lowest BCUT2D eigenvalue weighted by Crippen LogP contribution is -2.30. The summed E-state index contributed by atoms with van der Waals surface area (Å²) in [6.07, 6.45) is -0.684. The van der Waals surface area contributed by atoms with Crippen LogP contribution in [0.5, 0.6) is 5.75 Å². The standard InChI is InChI=1S/C21H25NO4/c1-12-10-13(2)14(3)19(11-12)26-16(5)20(23)22-18-9-7-8-17(15(18)4)21(24)25-6/h7-11,16H,1-6H3,(H,22,23)/t16-/m0/s1. The van der Waals surface area contributed by atoms with E-state index in [-0.39, 0.29) is 5.91 Å². The minimum atomic E-state index is -0.684. The molecule has 0 aliphatic rings. The first-order valence-corrected chi connectivity index (χ1v) is 8.48. The average Bonchev–Trinajstić information content (AvgIpc) is 2.60. The van der Waals surface area contributed by atoms with Gasteiger partial charge in [-0.05, 0) is 75.1 Å². The summed E-state index contributed by atoms with van der Waals surface area (Å²) in [5, 5.41) is 2.83. The molecule has 1 N–H and O–H groups in total. The molecule has 5 heteroatoms. The van der Waals surface area contributed by atoms with Crippen molar-refractivity contribution in [3.8, 4) is 5.75 Å². The number of benzene rings is 2. The molecule has 138 valence electrons. The van der Waals surface area contributed by atoms with Crippen LogP contribution in [-0.2, 0) is 9.53 Å². The van der Waals surface area contributed by atoms with Crippen LogP contribution >= 0.6 is 0 Å². The van der Waals surface area contributed by atoms with E-state index >= 15 is 0 Å². The van der Waals surface area contributed by atoms with Gasteiger partial charge in [0.1, 0.15) is 5.75 Å². The van der Waals surface area contributed by atoms with Crippen molar-refractivity contribution < 1.29 is 19.1 Å². The molecule has 0 spiro atoms. The number of hydrogen-bond donors (Lipinski definition) is 1. The van der Waals surface area contributed by atoms with E-state index in [1.165, 1.54) is 7.11 Å². The zero-order valence-electron chi connectivity index (χ0n) is 16.1. The number of methoxy groups -OCH3 is 1. The highest BCUT2D eigenvalue weighted by Gasteiger charge is 2.19. The lowest BCUT2D eigenvalue weighted by molar-refractivity contribution is -0.122. The number of ether oxygens (including phenoxy) is 2. The third-order valence-corrected chi connectivity index (χ3v) is 4.43. The second kappa shape index (κ2) is 8.04. The van der Waals surface area contributed by atoms with Gasteiger partial charge in [-0.15, -0.1) is 0 Å². The predicted molar refractivity (Wildman–Crippen MR) is 102 cm³/mol. The molecule has 0 saturated carbocycles. The zero-order valence-corrected chi connectivity index (χ0v) is 16.1. The topological polar surface area (TPSA) is 64.6 Å². The van der Waals surface area contributed by atoms with E-state index in [4.69, 9.17) is 9.47 Å². The molecular formula is C21H25NO4. The van der Waals surface area contributed by atoms with Crippen molar-refractivity contribution in [3.05, 3.63) is 58.1 Å². The summed E-state index contributed by atoms with van der Waals surface area (Å²) in [6.45, 7) is 9.44. The van der Waals surface area contributed by atoms with Crippen molar-refractivity contribution in [2.45, 2.75) is 40.7 Å². The highest BCUT2D eigenvalue weighted by Crippen LogP contribution is 2.25. The molecule has 0 radical (unpaired) electrons. The van der Waals surface area contributed by atoms with Crippen LogP contribution in [0.15, 0.2) is 30.3 Å². The zero-order chi connectivity index (χ0) is 19.4. The van der Waals surface area contributed by atoms with Crippen LogP contribution in [-0.4, -0.2) is 25.1 Å². The molecule has 0 fully saturated rings. The van der Waals surface area contributed by atoms with E-state index in [0.717, 1.165) is 16.7 Å². The number of rotatable bonds is 5. The predicted octanol–water partition coefficient (Wildman–Crippen LogP) is 4.11. The van der Waals surface area contributed by atoms with Crippen molar-refractivity contribution in [1.82, 2.24) is 0 Å². The van der Waals surface area contributed by atoms with E-state index in [9.17, 15) is 9.59 Å². The van der Waals surface area contributed by atoms with Crippen molar-refractivity contribution in [1.29, 1.82) is 0 Å². The molecular weight excluding hydrogens is 330 g/mol. The Hall–Kier alpha value is -2.82. The first kappa shape index (κ1) is 19.5. The van der Waals surface area contributed by atoms with Crippen LogP contribution in [0.25, 0.3) is 0 Å². The molecule has 0 heterocycles. The van der Waals surface area contributed by atoms with Crippen LogP contribution < -0.4 is 10.1 Å². The number of esters is 1. The highest BCUT2D eigenvalue weighted by molar-refractivity contribution is 5.98. The Morgan fingerprint density at radius 1 is 1.04 bits per heavy atom. The third-order valence-electron chi connectivity index (χ3n) is 4.43. The Bertz CT molecular complexity index is 842. The van der Waals surface area contributed by atoms with E-state index < -0.39 is 12.1 Å². The molecule has 0 aliphatic carbocycles. The average molecular weight is 355 g/mol. The van der Waals surface area contributed by atoms with Crippen molar-refractivity contribution >= 4 is 17.6 Å². The molecule has 0 bridgehead atoms. The van der Waals surface area contributed by atoms with Gasteiger partial charge in [0.2, 0.25) is 0 Å². The van der Waals surface area contributed by atoms with Gasteiger partial charge in [0.15, 0.2) is 6.10 Å². The Morgan fingerprint density at radius 3 is 2.38 bits per heavy atom. The highest BCUT2D eigenvalue weighted by atomic mass is 16.5. The van der Waals surface area contributed by atoms with Crippen LogP contribution in [0.3, 0.4) is 0 Å². The van der Waals surface area contributed by atoms with Gasteiger partial charge in [-0.3, -0.25) is 4.79 Å². The second-order valence-corrected chi connectivity index (χ2v) is 6.42. The molecule has 0 saturated heterocycles. The Kier molecular flexibility index (Phi) is 6.03. The molecule has 0 aromatic heterocycles. The van der Waals surface area contributed by atoms with Crippen molar-refractivity contribution in [2.75, 3.05) is 12.4 Å². The maximum Gasteiger partial charge on any atom is 0.338 e. The van der Waals surface area contributed by atoms with Gasteiger partial charge >= 0.3 is 5.97 Å². The summed E-state index contributed by atoms with van der Waals surface area (Å²) in [5.41, 5.74) is 4.85. The van der Waals surface area contributed by atoms with Gasteiger partial charge in [0, 0.05) is 5.69 Å². The van der Waals surface area contributed by atoms with E-state index in [1.807, 2.05) is 26.8 Å². The molecule has 2 rings (SSSR count). The summed E-state index contributed by atoms with van der Waals surface area (Å²) in [5.74, 6) is -0.0207. The monoisotopic (exact) mass is 355 g/mol. The molecule has 2 aromatic carbocycles. The molecule has 1 amide bonds. The van der Waals surface area contributed by atoms with Gasteiger partial charge in [-0.25, -0.2) is 4.79 Å². The van der Waals surface area contributed by atoms with Crippen molar-refractivity contribution in [2.24, 2.45) is 0 Å². The lowest BCUT2D eigenvalue weighted by atomic mass is 10.1. The number of aryl methyl sites for hydroxylation is 2. The van der Waals surface area contributed by atoms with Crippen LogP contribution in [0.2, 0.25) is 0 Å². The van der Waals surface area contributed by atoms with E-state index in [0.29, 0.717) is 22.6 Å². The number of carbonyl (C=O) groups is 2. The van der Waals surface area contributed by atoms with E-state index in [1.54, 1.807) is 32.0 Å². The lowest BCUT2D eigenvalue weighted by Gasteiger charge is -2.19. The first-order valence-electron chi connectivity index (χ1n) is 8.48. The number of carbonyl (C=O) groups excluding carboxylic acids is 2. The fraction of sp³-hybridized carbons (Fsp3) is 0.333. The van der Waals surface area contributed by atoms with Crippen LogP contribution in [0.1, 0.15) is 39.5 Å². The molecule has 0 aliphatic heterocycles. The quantitative estimate of drug-likeness (QED) is 0.820. The molecule has 2 aromatic rings. The van der Waals surface area contributed by atoms with Crippen molar-refractivity contribution in [3.63, 3.8) is 0 Å². The largest absolute Gasteiger partial charge is 0.481 e. The number of hydrogen-bond acceptors (Lipinski definition) is 4. The van der Waals surface area contributed by atoms with Gasteiger partial charge in [0.25, 0.3) is 5.91 Å². The Balaban J connectivity index is 2.17. The van der Waals surface area contributed by atoms with Gasteiger partial charge in [-0.1, -0.05) is 12.1 Å². The number of nitrogens with one attached hydrogen (secondary N) is 1. The first-order chi connectivity index (χ1) is 12.2. The summed E-state index contributed by atoms with van der Waals surface area (Å²) < 4.78 is 10.6. The molecule has 0 unspecified atom stereocenters. The molecule has 5 nitrogen and oxygen atoms in total. The molecule has 26 heavy (non-hydrogen) atoms. The fourth-order valence-corrected chi connectivity index (χ4v) is 2.70. The van der Waals surface area contributed by atoms with Gasteiger partial charge < -0.3 is 14.8 Å². The van der Waals surface area contributed by atoms with Crippen LogP contribution in [0, 0.1) is 27.7 Å². The smallest absolute Gasteiger partial charge is 0.338 e. The maximum atomic E-state index is 12.5. The summed E-state index contributed by atoms with van der Waals surface area (Å²) >= 11 is 0. The number of anilines is 1.